The van der Waals surface area contributed by atoms with Crippen LogP contribution in [0.3, 0.4) is 0 Å². The second kappa shape index (κ2) is 11.8. The maximum Gasteiger partial charge on any atom is 4.00 e. The monoisotopic (exact) mass is 449 g/mol. The molecule has 4 heteroatoms. The van der Waals surface area contributed by atoms with Crippen molar-refractivity contribution >= 4 is 32.5 Å². The molecule has 0 saturated heterocycles. The van der Waals surface area contributed by atoms with Crippen molar-refractivity contribution in [3.8, 4) is 0 Å². The Hall–Kier alpha value is -0.660. The third-order valence-corrected chi connectivity index (χ3v) is 3.88. The van der Waals surface area contributed by atoms with E-state index in [2.05, 4.69) is 86.6 Å². The Balaban J connectivity index is 0. The molecule has 0 fully saturated rings. The van der Waals surface area contributed by atoms with Gasteiger partial charge in [-0.25, -0.2) is 0 Å². The number of hydrogen-bond acceptors (Lipinski definition) is 0. The standard InChI is InChI=1S/C11H11.C9H7.2ClH.H3Si.Zr/c1-8-7-10-5-3-4-6-11(10)9(8)2;1-2-5-9-7-3-6-8(9)4-1;;;;/h3-7H,1-2H3;1-7H;2*1H;1H3;/q2*-1;;;;+4/p-2. The molecule has 1 radical (unpaired) electrons. The van der Waals surface area contributed by atoms with Crippen molar-refractivity contribution in [2.45, 2.75) is 13.8 Å². The zero-order valence-corrected chi connectivity index (χ0v) is 20.2. The summed E-state index contributed by atoms with van der Waals surface area (Å²) in [4.78, 5) is 0. The van der Waals surface area contributed by atoms with E-state index in [9.17, 15) is 0 Å². The maximum atomic E-state index is 2.24. The van der Waals surface area contributed by atoms with Gasteiger partial charge in [0.25, 0.3) is 0 Å². The molecule has 0 spiro atoms. The van der Waals surface area contributed by atoms with Crippen LogP contribution in [0.5, 0.6) is 0 Å². The topological polar surface area (TPSA) is 0 Å². The molecule has 0 saturated carbocycles. The summed E-state index contributed by atoms with van der Waals surface area (Å²) in [5.41, 5.74) is 2.81. The average Bonchev–Trinajstić information content (AvgIpc) is 3.06. The molecule has 0 amide bonds. The Morgan fingerprint density at radius 2 is 1.33 bits per heavy atom. The zero-order chi connectivity index (χ0) is 13.9. The van der Waals surface area contributed by atoms with Gasteiger partial charge in [-0.3, -0.25) is 0 Å². The third kappa shape index (κ3) is 5.70. The Labute approximate surface area is 180 Å². The predicted octanol–water partition coefficient (Wildman–Crippen LogP) is -1.44. The van der Waals surface area contributed by atoms with Crippen molar-refractivity contribution in [1.29, 1.82) is 0 Å². The van der Waals surface area contributed by atoms with Gasteiger partial charge >= 0.3 is 26.2 Å². The SMILES string of the molecule is Cc1[cH-]c2ccccc2c1C.[Cl-].[Cl-].[SiH3].[Zr+4].c1ccc2[cH-]ccc2c1. The molecular weight excluding hydrogens is 430 g/mol. The van der Waals surface area contributed by atoms with Gasteiger partial charge in [-0.05, 0) is 11.0 Å². The van der Waals surface area contributed by atoms with Crippen LogP contribution in [0.2, 0.25) is 0 Å². The van der Waals surface area contributed by atoms with Crippen molar-refractivity contribution < 1.29 is 51.0 Å². The first kappa shape index (κ1) is 25.6. The Bertz CT molecular complexity index is 819. The van der Waals surface area contributed by atoms with E-state index in [4.69, 9.17) is 0 Å². The van der Waals surface area contributed by atoms with Gasteiger partial charge in [0.2, 0.25) is 0 Å². The molecule has 0 unspecified atom stereocenters. The summed E-state index contributed by atoms with van der Waals surface area (Å²) >= 11 is 0. The molecule has 0 bridgehead atoms. The number of hydrogen-bond donors (Lipinski definition) is 0. The van der Waals surface area contributed by atoms with Gasteiger partial charge in [-0.1, -0.05) is 26.0 Å². The van der Waals surface area contributed by atoms with Crippen molar-refractivity contribution in [2.75, 3.05) is 0 Å². The van der Waals surface area contributed by atoms with Crippen LogP contribution in [0.15, 0.2) is 72.8 Å². The molecule has 4 aromatic rings. The number of fused-ring (bicyclic) bond motifs is 2. The quantitative estimate of drug-likeness (QED) is 0.227. The molecule has 0 aromatic heterocycles. The van der Waals surface area contributed by atoms with Gasteiger partial charge in [0.15, 0.2) is 0 Å². The van der Waals surface area contributed by atoms with E-state index in [0.29, 0.717) is 0 Å². The van der Waals surface area contributed by atoms with Crippen molar-refractivity contribution in [1.82, 2.24) is 0 Å². The maximum absolute atomic E-state index is 2.24. The Kier molecular flexibility index (Phi) is 12.6. The smallest absolute Gasteiger partial charge is 1.00 e. The van der Waals surface area contributed by atoms with Gasteiger partial charge in [-0.2, -0.15) is 23.1 Å². The van der Waals surface area contributed by atoms with E-state index in [-0.39, 0.29) is 62.0 Å². The van der Waals surface area contributed by atoms with E-state index in [1.165, 1.54) is 32.7 Å². The van der Waals surface area contributed by atoms with Crippen LogP contribution in [0.4, 0.5) is 0 Å². The minimum Gasteiger partial charge on any atom is -1.00 e. The summed E-state index contributed by atoms with van der Waals surface area (Å²) in [6.07, 6.45) is 0. The number of aryl methyl sites for hydroxylation is 2. The minimum atomic E-state index is 0. The van der Waals surface area contributed by atoms with E-state index in [1.54, 1.807) is 0 Å². The largest absolute Gasteiger partial charge is 4.00 e. The molecule has 4 rings (SSSR count). The predicted molar refractivity (Wildman–Crippen MR) is 98.5 cm³/mol. The second-order valence-electron chi connectivity index (χ2n) is 5.19. The second-order valence-corrected chi connectivity index (χ2v) is 5.19. The number of halogens is 2. The summed E-state index contributed by atoms with van der Waals surface area (Å²) in [5.74, 6) is 0. The molecule has 0 atom stereocenters. The molecule has 0 aliphatic heterocycles. The van der Waals surface area contributed by atoms with Gasteiger partial charge in [0.1, 0.15) is 0 Å². The van der Waals surface area contributed by atoms with Gasteiger partial charge in [0, 0.05) is 0 Å². The zero-order valence-electron chi connectivity index (χ0n) is 14.2. The van der Waals surface area contributed by atoms with E-state index in [1.807, 2.05) is 0 Å². The van der Waals surface area contributed by atoms with Gasteiger partial charge < -0.3 is 24.8 Å². The molecular formula is C20H21Cl2SiZr. The molecule has 0 aliphatic carbocycles. The third-order valence-electron chi connectivity index (χ3n) is 3.88. The molecule has 0 N–H and O–H groups in total. The molecule has 0 aliphatic rings. The van der Waals surface area contributed by atoms with Crippen molar-refractivity contribution in [3.05, 3.63) is 83.9 Å². The molecule has 0 nitrogen and oxygen atoms in total. The van der Waals surface area contributed by atoms with Crippen molar-refractivity contribution in [3.63, 3.8) is 0 Å². The first-order chi connectivity index (χ1) is 9.75. The summed E-state index contributed by atoms with van der Waals surface area (Å²) in [6.45, 7) is 4.34. The molecule has 4 aromatic carbocycles. The average molecular weight is 452 g/mol. The Morgan fingerprint density at radius 3 is 1.96 bits per heavy atom. The minimum absolute atomic E-state index is 0. The van der Waals surface area contributed by atoms with Crippen LogP contribution in [0.1, 0.15) is 11.1 Å². The molecule has 123 valence electrons. The molecule has 24 heavy (non-hydrogen) atoms. The van der Waals surface area contributed by atoms with E-state index >= 15 is 0 Å². The van der Waals surface area contributed by atoms with Crippen LogP contribution < -0.4 is 24.8 Å². The number of rotatable bonds is 0. The fourth-order valence-corrected chi connectivity index (χ4v) is 2.59. The van der Waals surface area contributed by atoms with Crippen LogP contribution in [-0.2, 0) is 26.2 Å². The van der Waals surface area contributed by atoms with Crippen LogP contribution in [0, 0.1) is 13.8 Å². The fraction of sp³-hybridized carbons (Fsp3) is 0.100. The van der Waals surface area contributed by atoms with Crippen LogP contribution >= 0.6 is 0 Å². The molecule has 0 heterocycles. The first-order valence-corrected chi connectivity index (χ1v) is 6.98. The number of benzene rings is 2. The first-order valence-electron chi connectivity index (χ1n) is 6.98. The fourth-order valence-electron chi connectivity index (χ4n) is 2.59. The summed E-state index contributed by atoms with van der Waals surface area (Å²) < 4.78 is 0. The van der Waals surface area contributed by atoms with Crippen LogP contribution in [0.25, 0.3) is 21.5 Å². The Morgan fingerprint density at radius 1 is 0.750 bits per heavy atom. The van der Waals surface area contributed by atoms with Crippen LogP contribution in [-0.4, -0.2) is 11.0 Å². The summed E-state index contributed by atoms with van der Waals surface area (Å²) in [7, 11) is 0. The van der Waals surface area contributed by atoms with Gasteiger partial charge in [-0.15, -0.1) is 70.3 Å². The summed E-state index contributed by atoms with van der Waals surface area (Å²) in [5, 5.41) is 5.42. The van der Waals surface area contributed by atoms with E-state index < -0.39 is 0 Å². The normalized spacial score (nSPS) is 8.75. The van der Waals surface area contributed by atoms with Gasteiger partial charge in [0.05, 0.1) is 0 Å². The summed E-state index contributed by atoms with van der Waals surface area (Å²) in [6, 6.07) is 25.4. The van der Waals surface area contributed by atoms with Crippen molar-refractivity contribution in [2.24, 2.45) is 0 Å². The van der Waals surface area contributed by atoms with E-state index in [0.717, 1.165) is 0 Å².